The number of carbonyl (C=O) groups is 1. The fourth-order valence-corrected chi connectivity index (χ4v) is 1.69. The number of fused-ring (bicyclic) bond motifs is 1. The fourth-order valence-electron chi connectivity index (χ4n) is 1.69. The highest BCUT2D eigenvalue weighted by molar-refractivity contribution is 5.52. The van der Waals surface area contributed by atoms with Crippen LogP contribution in [0, 0.1) is 0 Å². The molecule has 1 aliphatic heterocycles. The highest BCUT2D eigenvalue weighted by Crippen LogP contribution is 2.20. The van der Waals surface area contributed by atoms with Crippen LogP contribution in [0.25, 0.3) is 0 Å². The monoisotopic (exact) mass is 269 g/mol. The van der Waals surface area contributed by atoms with Gasteiger partial charge >= 0.3 is 0 Å². The molecule has 108 valence electrons. The predicted molar refractivity (Wildman–Crippen MR) is 77.2 cm³/mol. The van der Waals surface area contributed by atoms with Crippen molar-refractivity contribution in [3.63, 3.8) is 0 Å². The number of halogens is 1. The summed E-state index contributed by atoms with van der Waals surface area (Å²) in [6.07, 6.45) is 4.56. The van der Waals surface area contributed by atoms with Crippen molar-refractivity contribution in [1.29, 1.82) is 0 Å². The van der Waals surface area contributed by atoms with Crippen molar-refractivity contribution in [2.75, 3.05) is 25.6 Å². The van der Waals surface area contributed by atoms with E-state index in [1.54, 1.807) is 0 Å². The lowest BCUT2D eigenvalue weighted by Gasteiger charge is -2.16. The van der Waals surface area contributed by atoms with Gasteiger partial charge in [-0.3, -0.25) is 9.18 Å². The number of hydrogen-bond donors (Lipinski definition) is 1. The summed E-state index contributed by atoms with van der Waals surface area (Å²) in [6, 6.07) is 8.53. The average Bonchev–Trinajstić information content (AvgIpc) is 2.51. The van der Waals surface area contributed by atoms with Gasteiger partial charge in [0.15, 0.2) is 0 Å². The molecule has 0 radical (unpaired) electrons. The number of nitrogens with one attached hydrogen (secondary N) is 1. The summed E-state index contributed by atoms with van der Waals surface area (Å²) in [5.41, 5.74) is 2.79. The molecule has 0 saturated heterocycles. The molecule has 1 N–H and O–H groups in total. The van der Waals surface area contributed by atoms with Crippen molar-refractivity contribution in [1.82, 2.24) is 0 Å². The summed E-state index contributed by atoms with van der Waals surface area (Å²) >= 11 is 0. The van der Waals surface area contributed by atoms with Crippen molar-refractivity contribution < 1.29 is 13.9 Å². The van der Waals surface area contributed by atoms with Gasteiger partial charge < -0.3 is 10.1 Å². The van der Waals surface area contributed by atoms with E-state index in [0.717, 1.165) is 19.4 Å². The molecule has 1 aromatic rings. The zero-order chi connectivity index (χ0) is 14.3. The van der Waals surface area contributed by atoms with Gasteiger partial charge in [-0.15, -0.1) is 0 Å². The van der Waals surface area contributed by atoms with Crippen LogP contribution < -0.4 is 5.32 Å². The van der Waals surface area contributed by atoms with E-state index in [2.05, 4.69) is 34.3 Å². The molecular formula is C15H24FNO2. The number of para-hydroxylation sites is 1. The highest BCUT2D eigenvalue weighted by atomic mass is 19.1. The Bertz CT molecular complexity index is 307. The van der Waals surface area contributed by atoms with E-state index in [1.807, 2.05) is 6.92 Å². The normalized spacial score (nSPS) is 11.5. The Kier molecular flexibility index (Phi) is 11.8. The van der Waals surface area contributed by atoms with Crippen LogP contribution >= 0.6 is 0 Å². The van der Waals surface area contributed by atoms with Crippen LogP contribution in [-0.4, -0.2) is 26.8 Å². The lowest BCUT2D eigenvalue weighted by Crippen LogP contribution is -2.10. The van der Waals surface area contributed by atoms with E-state index in [-0.39, 0.29) is 0 Å². The maximum Gasteiger partial charge on any atom is 0.293 e. The second-order valence-corrected chi connectivity index (χ2v) is 4.01. The van der Waals surface area contributed by atoms with Crippen LogP contribution in [0.1, 0.15) is 31.7 Å². The number of hydrogen-bond acceptors (Lipinski definition) is 3. The van der Waals surface area contributed by atoms with Gasteiger partial charge in [0.05, 0.1) is 13.8 Å². The predicted octanol–water partition coefficient (Wildman–Crippen LogP) is 3.59. The molecule has 1 aromatic carbocycles. The molecule has 0 unspecified atom stereocenters. The van der Waals surface area contributed by atoms with Crippen LogP contribution in [-0.2, 0) is 16.0 Å². The molecule has 0 bridgehead atoms. The molecule has 0 amide bonds. The highest BCUT2D eigenvalue weighted by Gasteiger charge is 2.04. The van der Waals surface area contributed by atoms with E-state index < -0.39 is 0 Å². The summed E-state index contributed by atoms with van der Waals surface area (Å²) < 4.78 is 13.9. The van der Waals surface area contributed by atoms with E-state index in [4.69, 9.17) is 0 Å². The zero-order valence-electron chi connectivity index (χ0n) is 11.8. The van der Waals surface area contributed by atoms with E-state index >= 15 is 0 Å². The van der Waals surface area contributed by atoms with Crippen molar-refractivity contribution in [2.24, 2.45) is 0 Å². The van der Waals surface area contributed by atoms with E-state index in [0.29, 0.717) is 20.3 Å². The Morgan fingerprint density at radius 3 is 2.74 bits per heavy atom. The first-order valence-electron chi connectivity index (χ1n) is 6.63. The van der Waals surface area contributed by atoms with Crippen LogP contribution in [0.5, 0.6) is 0 Å². The number of rotatable bonds is 4. The molecule has 0 atom stereocenters. The first-order valence-corrected chi connectivity index (χ1v) is 6.63. The van der Waals surface area contributed by atoms with E-state index in [1.165, 1.54) is 24.1 Å². The third kappa shape index (κ3) is 8.19. The van der Waals surface area contributed by atoms with Gasteiger partial charge in [-0.1, -0.05) is 31.5 Å². The first kappa shape index (κ1) is 17.4. The molecule has 0 spiro atoms. The van der Waals surface area contributed by atoms with Crippen molar-refractivity contribution in [2.45, 2.75) is 32.6 Å². The second-order valence-electron chi connectivity index (χ2n) is 4.01. The van der Waals surface area contributed by atoms with Crippen LogP contribution in [0.3, 0.4) is 0 Å². The molecule has 19 heavy (non-hydrogen) atoms. The van der Waals surface area contributed by atoms with Crippen LogP contribution in [0.2, 0.25) is 0 Å². The molecule has 3 nitrogen and oxygen atoms in total. The van der Waals surface area contributed by atoms with Crippen LogP contribution in [0.4, 0.5) is 10.1 Å². The second kappa shape index (κ2) is 12.9. The van der Waals surface area contributed by atoms with Crippen molar-refractivity contribution in [3.05, 3.63) is 29.8 Å². The van der Waals surface area contributed by atoms with Gasteiger partial charge in [0, 0.05) is 12.2 Å². The molecule has 2 rings (SSSR count). The summed E-state index contributed by atoms with van der Waals surface area (Å²) in [5.74, 6) is 0. The summed E-state index contributed by atoms with van der Waals surface area (Å²) in [7, 11) is 0.500. The Balaban J connectivity index is 0.000000321. The molecule has 1 aliphatic rings. The fraction of sp³-hybridized carbons (Fsp3) is 0.533. The lowest BCUT2D eigenvalue weighted by molar-refractivity contribution is -0.128. The number of benzene rings is 1. The quantitative estimate of drug-likeness (QED) is 0.670. The SMILES string of the molecule is CCCCOC=O.CF.c1ccc2c(c1)CCCN2. The third-order valence-corrected chi connectivity index (χ3v) is 2.64. The molecule has 0 aliphatic carbocycles. The number of ether oxygens (including phenoxy) is 1. The zero-order valence-corrected chi connectivity index (χ0v) is 11.8. The molecule has 0 aromatic heterocycles. The molecule has 1 heterocycles. The Morgan fingerprint density at radius 2 is 2.11 bits per heavy atom. The topological polar surface area (TPSA) is 38.3 Å². The Hall–Kier alpha value is -1.58. The summed E-state index contributed by atoms with van der Waals surface area (Å²) in [6.45, 7) is 4.24. The van der Waals surface area contributed by atoms with Crippen molar-refractivity contribution >= 4 is 12.2 Å². The smallest absolute Gasteiger partial charge is 0.293 e. The van der Waals surface area contributed by atoms with Crippen LogP contribution in [0.15, 0.2) is 24.3 Å². The minimum absolute atomic E-state index is 0.482. The first-order chi connectivity index (χ1) is 9.38. The van der Waals surface area contributed by atoms with Gasteiger partial charge in [0.25, 0.3) is 6.47 Å². The van der Waals surface area contributed by atoms with Gasteiger partial charge in [-0.05, 0) is 30.9 Å². The third-order valence-electron chi connectivity index (χ3n) is 2.64. The Labute approximate surface area is 115 Å². The number of carbonyl (C=O) groups excluding carboxylic acids is 1. The minimum atomic E-state index is 0.482. The number of alkyl halides is 1. The van der Waals surface area contributed by atoms with Gasteiger partial charge in [-0.25, -0.2) is 0 Å². The molecule has 0 saturated carbocycles. The minimum Gasteiger partial charge on any atom is -0.468 e. The molecule has 4 heteroatoms. The summed E-state index contributed by atoms with van der Waals surface area (Å²) in [4.78, 5) is 9.46. The number of aryl methyl sites for hydroxylation is 1. The van der Waals surface area contributed by atoms with Gasteiger partial charge in [-0.2, -0.15) is 0 Å². The average molecular weight is 269 g/mol. The Morgan fingerprint density at radius 1 is 1.37 bits per heavy atom. The van der Waals surface area contributed by atoms with E-state index in [9.17, 15) is 9.18 Å². The molecular weight excluding hydrogens is 245 g/mol. The van der Waals surface area contributed by atoms with Gasteiger partial charge in [0.2, 0.25) is 0 Å². The lowest BCUT2D eigenvalue weighted by atomic mass is 10.0. The maximum atomic E-state index is 9.50. The number of unbranched alkanes of at least 4 members (excludes halogenated alkanes) is 1. The number of anilines is 1. The summed E-state index contributed by atoms with van der Waals surface area (Å²) in [5, 5.41) is 3.36. The maximum absolute atomic E-state index is 9.50. The molecule has 0 fully saturated rings. The largest absolute Gasteiger partial charge is 0.468 e. The van der Waals surface area contributed by atoms with Gasteiger partial charge in [0.1, 0.15) is 0 Å². The van der Waals surface area contributed by atoms with Crippen molar-refractivity contribution in [3.8, 4) is 0 Å². The standard InChI is InChI=1S/C9H11N.C5H10O2.CH3F/c1-2-6-9-8(4-1)5-3-7-10-9;1-2-3-4-7-5-6;1-2/h1-2,4,6,10H,3,5,7H2;5H,2-4H2,1H3;1H3.